The van der Waals surface area contributed by atoms with Crippen LogP contribution < -0.4 is 19.5 Å². The predicted octanol–water partition coefficient (Wildman–Crippen LogP) is 4.14. The first-order valence-corrected chi connectivity index (χ1v) is 8.90. The summed E-state index contributed by atoms with van der Waals surface area (Å²) in [5.74, 6) is 1.95. The summed E-state index contributed by atoms with van der Waals surface area (Å²) in [6.45, 7) is 4.06. The standard InChI is InChI=1S/C22H25NO4/c1-22(2)14-17(16-7-5-6-8-18(16)27-22)23-21(24)12-10-15-9-11-19(25-3)20(13-15)26-4/h5-13,17H,14H2,1-4H3,(H,23,24)/b12-10+/t17-/m1/s1. The lowest BCUT2D eigenvalue weighted by molar-refractivity contribution is -0.117. The van der Waals surface area contributed by atoms with E-state index in [9.17, 15) is 4.79 Å². The summed E-state index contributed by atoms with van der Waals surface area (Å²) >= 11 is 0. The van der Waals surface area contributed by atoms with Gasteiger partial charge in [0.05, 0.1) is 20.3 Å². The van der Waals surface area contributed by atoms with Crippen LogP contribution in [0.1, 0.15) is 37.4 Å². The molecule has 0 unspecified atom stereocenters. The van der Waals surface area contributed by atoms with Gasteiger partial charge >= 0.3 is 0 Å². The van der Waals surface area contributed by atoms with Crippen molar-refractivity contribution >= 4 is 12.0 Å². The number of amides is 1. The Bertz CT molecular complexity index is 857. The van der Waals surface area contributed by atoms with Crippen LogP contribution in [0, 0.1) is 0 Å². The van der Waals surface area contributed by atoms with Crippen LogP contribution in [-0.4, -0.2) is 25.7 Å². The van der Waals surface area contributed by atoms with Gasteiger partial charge in [-0.25, -0.2) is 0 Å². The van der Waals surface area contributed by atoms with Gasteiger partial charge in [0.1, 0.15) is 11.4 Å². The van der Waals surface area contributed by atoms with Crippen LogP contribution in [0.4, 0.5) is 0 Å². The number of fused-ring (bicyclic) bond motifs is 1. The van der Waals surface area contributed by atoms with Gasteiger partial charge in [-0.1, -0.05) is 24.3 Å². The number of methoxy groups -OCH3 is 2. The van der Waals surface area contributed by atoms with Crippen molar-refractivity contribution in [2.24, 2.45) is 0 Å². The Morgan fingerprint density at radius 3 is 2.63 bits per heavy atom. The Kier molecular flexibility index (Phi) is 5.40. The third kappa shape index (κ3) is 4.42. The lowest BCUT2D eigenvalue weighted by Crippen LogP contribution is -2.40. The zero-order valence-electron chi connectivity index (χ0n) is 16.1. The van der Waals surface area contributed by atoms with Gasteiger partial charge in [-0.2, -0.15) is 0 Å². The number of carbonyl (C=O) groups is 1. The molecule has 0 radical (unpaired) electrons. The van der Waals surface area contributed by atoms with E-state index in [1.54, 1.807) is 20.3 Å². The molecule has 0 bridgehead atoms. The van der Waals surface area contributed by atoms with Crippen LogP contribution >= 0.6 is 0 Å². The maximum atomic E-state index is 12.5. The normalized spacial score (nSPS) is 17.7. The van der Waals surface area contributed by atoms with Gasteiger partial charge in [-0.3, -0.25) is 4.79 Å². The Balaban J connectivity index is 1.73. The average molecular weight is 367 g/mol. The minimum Gasteiger partial charge on any atom is -0.493 e. The van der Waals surface area contributed by atoms with Gasteiger partial charge in [0.15, 0.2) is 11.5 Å². The Morgan fingerprint density at radius 1 is 1.15 bits per heavy atom. The van der Waals surface area contributed by atoms with Crippen LogP contribution in [0.2, 0.25) is 0 Å². The molecule has 27 heavy (non-hydrogen) atoms. The quantitative estimate of drug-likeness (QED) is 0.807. The molecule has 2 aromatic carbocycles. The van der Waals surface area contributed by atoms with E-state index in [0.29, 0.717) is 17.9 Å². The maximum Gasteiger partial charge on any atom is 0.244 e. The average Bonchev–Trinajstić information content (AvgIpc) is 2.65. The highest BCUT2D eigenvalue weighted by molar-refractivity contribution is 5.92. The van der Waals surface area contributed by atoms with E-state index in [1.165, 1.54) is 6.08 Å². The van der Waals surface area contributed by atoms with Gasteiger partial charge in [0, 0.05) is 18.1 Å². The highest BCUT2D eigenvalue weighted by Crippen LogP contribution is 2.39. The molecule has 0 saturated carbocycles. The monoisotopic (exact) mass is 367 g/mol. The molecule has 0 fully saturated rings. The second kappa shape index (κ2) is 7.74. The maximum absolute atomic E-state index is 12.5. The van der Waals surface area contributed by atoms with Gasteiger partial charge in [0.25, 0.3) is 0 Å². The summed E-state index contributed by atoms with van der Waals surface area (Å²) in [4.78, 5) is 12.5. The Hall–Kier alpha value is -2.95. The van der Waals surface area contributed by atoms with Crippen molar-refractivity contribution < 1.29 is 19.0 Å². The van der Waals surface area contributed by atoms with E-state index in [4.69, 9.17) is 14.2 Å². The van der Waals surface area contributed by atoms with E-state index < -0.39 is 0 Å². The third-order valence-corrected chi connectivity index (χ3v) is 4.53. The summed E-state index contributed by atoms with van der Waals surface area (Å²) in [7, 11) is 3.18. The Labute approximate surface area is 159 Å². The van der Waals surface area contributed by atoms with Gasteiger partial charge in [-0.05, 0) is 43.7 Å². The summed E-state index contributed by atoms with van der Waals surface area (Å²) in [6, 6.07) is 13.3. The number of para-hydroxylation sites is 1. The lowest BCUT2D eigenvalue weighted by Gasteiger charge is -2.37. The van der Waals surface area contributed by atoms with Gasteiger partial charge in [0.2, 0.25) is 5.91 Å². The molecule has 0 aliphatic carbocycles. The topological polar surface area (TPSA) is 56.8 Å². The molecule has 5 heteroatoms. The fourth-order valence-electron chi connectivity index (χ4n) is 3.28. The first-order chi connectivity index (χ1) is 12.9. The van der Waals surface area contributed by atoms with Gasteiger partial charge in [-0.15, -0.1) is 0 Å². The molecule has 0 aromatic heterocycles. The van der Waals surface area contributed by atoms with E-state index in [1.807, 2.05) is 56.3 Å². The number of benzene rings is 2. The van der Waals surface area contributed by atoms with Crippen molar-refractivity contribution in [2.45, 2.75) is 31.9 Å². The zero-order valence-corrected chi connectivity index (χ0v) is 16.1. The van der Waals surface area contributed by atoms with Crippen LogP contribution in [0.3, 0.4) is 0 Å². The molecule has 142 valence electrons. The highest BCUT2D eigenvalue weighted by Gasteiger charge is 2.33. The minimum atomic E-state index is -0.334. The molecule has 1 N–H and O–H groups in total. The third-order valence-electron chi connectivity index (χ3n) is 4.53. The lowest BCUT2D eigenvalue weighted by atomic mass is 9.89. The fraction of sp³-hybridized carbons (Fsp3) is 0.318. The number of hydrogen-bond donors (Lipinski definition) is 1. The number of nitrogens with one attached hydrogen (secondary N) is 1. The van der Waals surface area contributed by atoms with Crippen molar-refractivity contribution in [1.82, 2.24) is 5.32 Å². The molecule has 0 spiro atoms. The molecular formula is C22H25NO4. The zero-order chi connectivity index (χ0) is 19.4. The van der Waals surface area contributed by atoms with E-state index in [2.05, 4.69) is 5.32 Å². The molecule has 1 aliphatic rings. The van der Waals surface area contributed by atoms with Crippen molar-refractivity contribution in [3.8, 4) is 17.2 Å². The van der Waals surface area contributed by atoms with Crippen molar-refractivity contribution in [3.63, 3.8) is 0 Å². The van der Waals surface area contributed by atoms with Gasteiger partial charge < -0.3 is 19.5 Å². The minimum absolute atomic E-state index is 0.0903. The summed E-state index contributed by atoms with van der Waals surface area (Å²) in [5, 5.41) is 3.09. The first-order valence-electron chi connectivity index (χ1n) is 8.90. The van der Waals surface area contributed by atoms with Crippen LogP contribution in [-0.2, 0) is 4.79 Å². The van der Waals surface area contributed by atoms with Crippen LogP contribution in [0.15, 0.2) is 48.5 Å². The highest BCUT2D eigenvalue weighted by atomic mass is 16.5. The first kappa shape index (κ1) is 18.8. The molecule has 1 aliphatic heterocycles. The molecule has 1 heterocycles. The van der Waals surface area contributed by atoms with Crippen molar-refractivity contribution in [2.75, 3.05) is 14.2 Å². The largest absolute Gasteiger partial charge is 0.493 e. The molecule has 0 saturated heterocycles. The van der Waals surface area contributed by atoms with Crippen LogP contribution in [0.25, 0.3) is 6.08 Å². The van der Waals surface area contributed by atoms with E-state index in [0.717, 1.165) is 16.9 Å². The van der Waals surface area contributed by atoms with Crippen molar-refractivity contribution in [3.05, 3.63) is 59.7 Å². The SMILES string of the molecule is COc1ccc(/C=C/C(=O)N[C@@H]2CC(C)(C)Oc3ccccc32)cc1OC. The predicted molar refractivity (Wildman–Crippen MR) is 105 cm³/mol. The molecule has 5 nitrogen and oxygen atoms in total. The summed E-state index contributed by atoms with van der Waals surface area (Å²) in [6.07, 6.45) is 4.00. The Morgan fingerprint density at radius 2 is 1.89 bits per heavy atom. The molecular weight excluding hydrogens is 342 g/mol. The second-order valence-corrected chi connectivity index (χ2v) is 7.11. The number of carbonyl (C=O) groups excluding carboxylic acids is 1. The molecule has 2 aromatic rings. The molecule has 3 rings (SSSR count). The molecule has 1 amide bonds. The number of hydrogen-bond acceptors (Lipinski definition) is 4. The fourth-order valence-corrected chi connectivity index (χ4v) is 3.28. The van der Waals surface area contributed by atoms with E-state index in [-0.39, 0.29) is 17.6 Å². The summed E-state index contributed by atoms with van der Waals surface area (Å²) in [5.41, 5.74) is 1.53. The number of ether oxygens (including phenoxy) is 3. The molecule has 1 atom stereocenters. The second-order valence-electron chi connectivity index (χ2n) is 7.11. The smallest absolute Gasteiger partial charge is 0.244 e. The van der Waals surface area contributed by atoms with E-state index >= 15 is 0 Å². The number of rotatable bonds is 5. The summed E-state index contributed by atoms with van der Waals surface area (Å²) < 4.78 is 16.5. The van der Waals surface area contributed by atoms with Crippen LogP contribution in [0.5, 0.6) is 17.2 Å². The van der Waals surface area contributed by atoms with Crippen molar-refractivity contribution in [1.29, 1.82) is 0 Å².